The summed E-state index contributed by atoms with van der Waals surface area (Å²) < 4.78 is 0. The van der Waals surface area contributed by atoms with Gasteiger partial charge in [-0.2, -0.15) is 17.9 Å². The predicted molar refractivity (Wildman–Crippen MR) is 41.7 cm³/mol. The maximum absolute atomic E-state index is 8.38. The summed E-state index contributed by atoms with van der Waals surface area (Å²) in [5.74, 6) is 0.729. The van der Waals surface area contributed by atoms with Crippen LogP contribution < -0.4 is 0 Å². The highest BCUT2D eigenvalue weighted by Crippen LogP contribution is 2.16. The largest absolute Gasteiger partial charge is 0.192 e. The van der Waals surface area contributed by atoms with Crippen molar-refractivity contribution in [3.8, 4) is 6.07 Å². The summed E-state index contributed by atoms with van der Waals surface area (Å²) in [6.45, 7) is 0. The Hall–Kier alpha value is -0.460. The minimum atomic E-state index is 0.729. The summed E-state index contributed by atoms with van der Waals surface area (Å²) >= 11 is 5.56. The average molecular weight is 155 g/mol. The number of nitrogens with zero attached hydrogens (tertiary/aromatic N) is 1. The lowest BCUT2D eigenvalue weighted by molar-refractivity contribution is 1.52. The van der Waals surface area contributed by atoms with E-state index in [4.69, 9.17) is 5.26 Å². The molecule has 0 N–H and O–H groups in total. The number of rotatable bonds is 1. The predicted octanol–water partition coefficient (Wildman–Crippen LogP) is 2.05. The van der Waals surface area contributed by atoms with Gasteiger partial charge in [-0.05, 0) is 12.1 Å². The second-order valence-corrected chi connectivity index (χ2v) is 3.02. The van der Waals surface area contributed by atoms with E-state index >= 15 is 0 Å². The molecule has 1 heterocycles. The molecule has 0 saturated carbocycles. The zero-order valence-electron chi connectivity index (χ0n) is 4.66. The van der Waals surface area contributed by atoms with Gasteiger partial charge in [0.25, 0.3) is 0 Å². The number of hydrogen-bond acceptors (Lipinski definition) is 3. The zero-order valence-corrected chi connectivity index (χ0v) is 6.38. The van der Waals surface area contributed by atoms with Crippen molar-refractivity contribution in [2.45, 2.75) is 5.75 Å². The molecule has 0 radical (unpaired) electrons. The highest BCUT2D eigenvalue weighted by molar-refractivity contribution is 7.79. The van der Waals surface area contributed by atoms with E-state index in [0.29, 0.717) is 0 Å². The minimum Gasteiger partial charge on any atom is -0.192 e. The molecule has 0 fully saturated rings. The Balaban J connectivity index is 2.90. The highest BCUT2D eigenvalue weighted by Gasteiger charge is 1.94. The molecule has 1 rings (SSSR count). The number of nitriles is 1. The van der Waals surface area contributed by atoms with Crippen molar-refractivity contribution in [3.63, 3.8) is 0 Å². The monoisotopic (exact) mass is 155 g/mol. The maximum atomic E-state index is 8.38. The third-order valence-corrected chi connectivity index (χ3v) is 2.47. The van der Waals surface area contributed by atoms with Gasteiger partial charge in [-0.1, -0.05) is 0 Å². The van der Waals surface area contributed by atoms with Gasteiger partial charge < -0.3 is 0 Å². The molecule has 0 aliphatic rings. The molecular weight excluding hydrogens is 150 g/mol. The third kappa shape index (κ3) is 1.47. The van der Waals surface area contributed by atoms with Crippen LogP contribution in [0.3, 0.4) is 0 Å². The first-order valence-corrected chi connectivity index (χ1v) is 3.91. The fourth-order valence-corrected chi connectivity index (χ4v) is 1.49. The van der Waals surface area contributed by atoms with Crippen molar-refractivity contribution in [3.05, 3.63) is 21.9 Å². The molecule has 0 bridgehead atoms. The van der Waals surface area contributed by atoms with E-state index in [9.17, 15) is 0 Å². The van der Waals surface area contributed by atoms with Crippen LogP contribution in [0.15, 0.2) is 12.1 Å². The number of hydrogen-bond donors (Lipinski definition) is 1. The Bertz CT molecular complexity index is 233. The van der Waals surface area contributed by atoms with Gasteiger partial charge in [-0.25, -0.2) is 0 Å². The molecule has 0 amide bonds. The summed E-state index contributed by atoms with van der Waals surface area (Å²) in [6.07, 6.45) is 0. The molecule has 1 nitrogen and oxygen atoms in total. The van der Waals surface area contributed by atoms with E-state index in [0.717, 1.165) is 15.5 Å². The van der Waals surface area contributed by atoms with Gasteiger partial charge in [-0.15, -0.1) is 11.3 Å². The SMILES string of the molecule is N#Cc1ccc(CS)s1. The van der Waals surface area contributed by atoms with Crippen LogP contribution in [0.1, 0.15) is 9.75 Å². The van der Waals surface area contributed by atoms with Crippen molar-refractivity contribution in [2.24, 2.45) is 0 Å². The molecule has 1 aromatic heterocycles. The minimum absolute atomic E-state index is 0.729. The van der Waals surface area contributed by atoms with Crippen LogP contribution in [0.25, 0.3) is 0 Å². The van der Waals surface area contributed by atoms with E-state index < -0.39 is 0 Å². The molecular formula is C6H5NS2. The van der Waals surface area contributed by atoms with Gasteiger partial charge in [0.2, 0.25) is 0 Å². The van der Waals surface area contributed by atoms with E-state index in [2.05, 4.69) is 18.7 Å². The Morgan fingerprint density at radius 3 is 2.78 bits per heavy atom. The quantitative estimate of drug-likeness (QED) is 0.616. The first-order valence-electron chi connectivity index (χ1n) is 2.46. The Morgan fingerprint density at radius 2 is 2.44 bits per heavy atom. The van der Waals surface area contributed by atoms with Gasteiger partial charge >= 0.3 is 0 Å². The van der Waals surface area contributed by atoms with Crippen LogP contribution in [-0.4, -0.2) is 0 Å². The molecule has 0 aliphatic carbocycles. The molecule has 0 aliphatic heterocycles. The maximum Gasteiger partial charge on any atom is 0.110 e. The lowest BCUT2D eigenvalue weighted by Gasteiger charge is -1.79. The zero-order chi connectivity index (χ0) is 6.69. The van der Waals surface area contributed by atoms with Crippen molar-refractivity contribution >= 4 is 24.0 Å². The summed E-state index contributed by atoms with van der Waals surface area (Å²) in [4.78, 5) is 1.91. The summed E-state index contributed by atoms with van der Waals surface area (Å²) in [5, 5.41) is 8.38. The number of thiophene rings is 1. The molecule has 46 valence electrons. The summed E-state index contributed by atoms with van der Waals surface area (Å²) in [7, 11) is 0. The second-order valence-electron chi connectivity index (χ2n) is 1.54. The average Bonchev–Trinajstić information content (AvgIpc) is 2.34. The molecule has 0 atom stereocenters. The Morgan fingerprint density at radius 1 is 1.67 bits per heavy atom. The number of thiol groups is 1. The molecule has 9 heavy (non-hydrogen) atoms. The van der Waals surface area contributed by atoms with Crippen LogP contribution >= 0.6 is 24.0 Å². The fourth-order valence-electron chi connectivity index (χ4n) is 0.523. The lowest BCUT2D eigenvalue weighted by atomic mass is 10.4. The molecule has 1 aromatic rings. The molecule has 0 saturated heterocycles. The van der Waals surface area contributed by atoms with Crippen molar-refractivity contribution in [1.29, 1.82) is 5.26 Å². The Kier molecular flexibility index (Phi) is 2.15. The van der Waals surface area contributed by atoms with E-state index in [1.807, 2.05) is 12.1 Å². The summed E-state index contributed by atoms with van der Waals surface area (Å²) in [5.41, 5.74) is 0. The molecule has 3 heteroatoms. The smallest absolute Gasteiger partial charge is 0.110 e. The topological polar surface area (TPSA) is 23.8 Å². The van der Waals surface area contributed by atoms with Crippen molar-refractivity contribution < 1.29 is 0 Å². The van der Waals surface area contributed by atoms with Gasteiger partial charge in [0, 0.05) is 10.6 Å². The Labute approximate surface area is 63.3 Å². The van der Waals surface area contributed by atoms with E-state index in [1.165, 1.54) is 11.3 Å². The first-order chi connectivity index (χ1) is 4.36. The van der Waals surface area contributed by atoms with Gasteiger partial charge in [-0.3, -0.25) is 0 Å². The fraction of sp³-hybridized carbons (Fsp3) is 0.167. The molecule has 0 spiro atoms. The van der Waals surface area contributed by atoms with Crippen molar-refractivity contribution in [1.82, 2.24) is 0 Å². The lowest BCUT2D eigenvalue weighted by Crippen LogP contribution is -1.59. The van der Waals surface area contributed by atoms with Crippen LogP contribution in [-0.2, 0) is 5.75 Å². The van der Waals surface area contributed by atoms with Crippen LogP contribution in [0.4, 0.5) is 0 Å². The van der Waals surface area contributed by atoms with Gasteiger partial charge in [0.05, 0.1) is 0 Å². The van der Waals surface area contributed by atoms with Crippen LogP contribution in [0, 0.1) is 11.3 Å². The van der Waals surface area contributed by atoms with Gasteiger partial charge in [0.15, 0.2) is 0 Å². The molecule has 0 unspecified atom stereocenters. The van der Waals surface area contributed by atoms with Crippen LogP contribution in [0.2, 0.25) is 0 Å². The standard InChI is InChI=1S/C6H5NS2/c7-3-5-1-2-6(4-8)9-5/h1-2,8H,4H2. The van der Waals surface area contributed by atoms with Crippen LogP contribution in [0.5, 0.6) is 0 Å². The first kappa shape index (κ1) is 6.66. The summed E-state index contributed by atoms with van der Waals surface area (Å²) in [6, 6.07) is 5.81. The highest BCUT2D eigenvalue weighted by atomic mass is 32.1. The second kappa shape index (κ2) is 2.90. The molecule has 0 aromatic carbocycles. The normalized spacial score (nSPS) is 8.89. The van der Waals surface area contributed by atoms with Gasteiger partial charge in [0.1, 0.15) is 10.9 Å². The van der Waals surface area contributed by atoms with E-state index in [1.54, 1.807) is 0 Å². The third-order valence-electron chi connectivity index (χ3n) is 0.928. The van der Waals surface area contributed by atoms with E-state index in [-0.39, 0.29) is 0 Å². The van der Waals surface area contributed by atoms with Crippen molar-refractivity contribution in [2.75, 3.05) is 0 Å².